The van der Waals surface area contributed by atoms with Crippen LogP contribution < -0.4 is 0 Å². The van der Waals surface area contributed by atoms with Gasteiger partial charge >= 0.3 is 5.97 Å². The van der Waals surface area contributed by atoms with Crippen molar-refractivity contribution in [1.82, 2.24) is 0 Å². The van der Waals surface area contributed by atoms with E-state index in [1.165, 1.54) is 0 Å². The van der Waals surface area contributed by atoms with Crippen LogP contribution in [0.4, 0.5) is 0 Å². The number of allylic oxidation sites excluding steroid dienone is 1. The minimum absolute atomic E-state index is 0.0130. The van der Waals surface area contributed by atoms with E-state index < -0.39 is 84.2 Å². The predicted molar refractivity (Wildman–Crippen MR) is 224 cm³/mol. The van der Waals surface area contributed by atoms with Gasteiger partial charge in [0, 0.05) is 68.3 Å². The lowest BCUT2D eigenvalue weighted by molar-refractivity contribution is -0.390. The largest absolute Gasteiger partial charge is 0.481 e. The molecule has 4 N–H and O–H groups in total. The highest BCUT2D eigenvalue weighted by atomic mass is 16.8. The zero-order valence-electron chi connectivity index (χ0n) is 38.8. The summed E-state index contributed by atoms with van der Waals surface area (Å²) in [4.78, 5) is 24.8. The smallest absolute Gasteiger partial charge is 0.306 e. The molecule has 6 aliphatic heterocycles. The van der Waals surface area contributed by atoms with Crippen LogP contribution in [-0.4, -0.2) is 124 Å². The molecule has 0 radical (unpaired) electrons. The lowest BCUT2D eigenvalue weighted by Crippen LogP contribution is -2.63. The van der Waals surface area contributed by atoms with Crippen molar-refractivity contribution in [3.8, 4) is 0 Å². The van der Waals surface area contributed by atoms with E-state index in [4.69, 9.17) is 37.9 Å². The summed E-state index contributed by atoms with van der Waals surface area (Å²) in [5, 5.41) is 42.5. The van der Waals surface area contributed by atoms with Gasteiger partial charge in [0.1, 0.15) is 0 Å². The number of carbonyl (C=O) groups excluding carboxylic acids is 1. The summed E-state index contributed by atoms with van der Waals surface area (Å²) < 4.78 is 53.9. The normalized spacial score (nSPS) is 48.6. The number of aliphatic carboxylic acids is 1. The minimum atomic E-state index is -1.66. The van der Waals surface area contributed by atoms with E-state index in [1.807, 2.05) is 33.8 Å². The van der Waals surface area contributed by atoms with Gasteiger partial charge in [-0.25, -0.2) is 0 Å². The van der Waals surface area contributed by atoms with Gasteiger partial charge in [0.25, 0.3) is 0 Å². The van der Waals surface area contributed by atoms with Crippen molar-refractivity contribution in [3.05, 3.63) is 11.6 Å². The molecule has 0 saturated carbocycles. The molecule has 6 aliphatic rings. The highest BCUT2D eigenvalue weighted by Crippen LogP contribution is 2.56. The van der Waals surface area contributed by atoms with Crippen molar-refractivity contribution in [2.24, 2.45) is 47.3 Å². The quantitative estimate of drug-likeness (QED) is 0.154. The molecule has 14 heteroatoms. The van der Waals surface area contributed by atoms with E-state index in [0.717, 1.165) is 6.42 Å². The van der Waals surface area contributed by atoms with Gasteiger partial charge in [0.2, 0.25) is 0 Å². The summed E-state index contributed by atoms with van der Waals surface area (Å²) in [6, 6.07) is 0. The fourth-order valence-electron chi connectivity index (χ4n) is 11.8. The maximum absolute atomic E-state index is 13.4. The van der Waals surface area contributed by atoms with Gasteiger partial charge in [-0.2, -0.15) is 0 Å². The van der Waals surface area contributed by atoms with Crippen LogP contribution in [0.3, 0.4) is 0 Å². The third-order valence-electron chi connectivity index (χ3n) is 15.9. The van der Waals surface area contributed by atoms with Crippen LogP contribution in [0.25, 0.3) is 0 Å². The van der Waals surface area contributed by atoms with Gasteiger partial charge in [0.15, 0.2) is 29.4 Å². The number of aliphatic hydroxyl groups excluding tert-OH is 2. The molecule has 0 aromatic carbocycles. The number of aliphatic hydroxyl groups is 3. The summed E-state index contributed by atoms with van der Waals surface area (Å²) in [5.41, 5.74) is -0.326. The average molecular weight is 867 g/mol. The van der Waals surface area contributed by atoms with Crippen molar-refractivity contribution < 1.29 is 67.9 Å². The summed E-state index contributed by atoms with van der Waals surface area (Å²) >= 11 is 0. The number of hydrogen-bond acceptors (Lipinski definition) is 13. The Kier molecular flexibility index (Phi) is 15.0. The maximum atomic E-state index is 13.4. The Bertz CT molecular complexity index is 1570. The molecule has 6 saturated heterocycles. The molecule has 6 rings (SSSR count). The third-order valence-corrected chi connectivity index (χ3v) is 15.9. The van der Waals surface area contributed by atoms with Gasteiger partial charge in [-0.15, -0.1) is 0 Å². The molecular weight excluding hydrogens is 789 g/mol. The van der Waals surface area contributed by atoms with Crippen LogP contribution in [0.5, 0.6) is 0 Å². The molecule has 6 heterocycles. The number of methoxy groups -OCH3 is 1. The Labute approximate surface area is 363 Å². The van der Waals surface area contributed by atoms with Crippen LogP contribution in [0.2, 0.25) is 0 Å². The highest BCUT2D eigenvalue weighted by molar-refractivity contribution is 5.96. The molecule has 14 nitrogen and oxygen atoms in total. The van der Waals surface area contributed by atoms with Crippen molar-refractivity contribution in [2.75, 3.05) is 13.7 Å². The first kappa shape index (κ1) is 48.9. The monoisotopic (exact) mass is 867 g/mol. The van der Waals surface area contributed by atoms with Gasteiger partial charge in [0.05, 0.1) is 67.0 Å². The SMILES string of the molecule is CO[C@H]1CCC(O[C@H]2CC([C@]3(C)CC[C@]4(C[C@H](O)[C@@H](C)C([C@@H](C)/C=C(\C)C(=O)[C@H](C)C[C@H](C)C(=O)O)O4)O3)O[C@]3(OC(C4O[C@@](O)(CO)[C@H](C)C[C@@H]4C)C[C@@H]3C)[C@@H]2C)O[C@@H]1C. The van der Waals surface area contributed by atoms with Crippen LogP contribution >= 0.6 is 0 Å². The fraction of sp³-hybridized carbons (Fsp3) is 0.915. The molecule has 6 fully saturated rings. The Morgan fingerprint density at radius 2 is 1.61 bits per heavy atom. The number of carboxylic acids is 1. The Morgan fingerprint density at radius 3 is 2.25 bits per heavy atom. The number of rotatable bonds is 13. The van der Waals surface area contributed by atoms with Crippen molar-refractivity contribution in [1.29, 1.82) is 0 Å². The second-order valence-electron chi connectivity index (χ2n) is 20.6. The van der Waals surface area contributed by atoms with E-state index in [1.54, 1.807) is 27.9 Å². The van der Waals surface area contributed by atoms with Crippen molar-refractivity contribution >= 4 is 11.8 Å². The Hall–Kier alpha value is -1.56. The molecule has 0 amide bonds. The number of ether oxygens (including phenoxy) is 8. The number of hydrogen-bond donors (Lipinski definition) is 4. The Morgan fingerprint density at radius 1 is 0.902 bits per heavy atom. The molecule has 61 heavy (non-hydrogen) atoms. The molecule has 0 aromatic heterocycles. The van der Waals surface area contributed by atoms with Crippen LogP contribution in [0.15, 0.2) is 11.6 Å². The van der Waals surface area contributed by atoms with E-state index in [2.05, 4.69) is 27.7 Å². The summed E-state index contributed by atoms with van der Waals surface area (Å²) in [7, 11) is 1.70. The third kappa shape index (κ3) is 9.71. The first-order chi connectivity index (χ1) is 28.5. The van der Waals surface area contributed by atoms with Gasteiger partial charge < -0.3 is 58.3 Å². The molecule has 21 atom stereocenters. The maximum Gasteiger partial charge on any atom is 0.306 e. The molecule has 5 unspecified atom stereocenters. The lowest BCUT2D eigenvalue weighted by Gasteiger charge is -2.54. The van der Waals surface area contributed by atoms with E-state index in [0.29, 0.717) is 44.1 Å². The molecule has 350 valence electrons. The van der Waals surface area contributed by atoms with Crippen LogP contribution in [0.1, 0.15) is 134 Å². The van der Waals surface area contributed by atoms with Gasteiger partial charge in [-0.05, 0) is 64.4 Å². The minimum Gasteiger partial charge on any atom is -0.481 e. The van der Waals surface area contributed by atoms with Crippen molar-refractivity contribution in [2.45, 2.75) is 212 Å². The lowest BCUT2D eigenvalue weighted by atomic mass is 9.76. The average Bonchev–Trinajstić information content (AvgIpc) is 3.71. The first-order valence-corrected chi connectivity index (χ1v) is 23.2. The molecule has 0 bridgehead atoms. The number of carbonyl (C=O) groups is 2. The van der Waals surface area contributed by atoms with Crippen LogP contribution in [-0.2, 0) is 47.5 Å². The standard InChI is InChI=1S/C47H78O14/c1-24(40(50)25(2)18-28(5)43(51)52)17-26(3)41-31(8)34(49)22-45(59-41)16-15-44(11,61-45)38-21-36(56-39-14-13-35(54-12)33(10)55-39)32(9)47(58-38)30(7)20-37(57-47)42-27(4)19-29(6)46(53,23-48)60-42/h17,25-39,41-42,48-49,53H,13-16,18-23H2,1-12H3,(H,51,52)/b24-17+/t25-,26+,27+,28+,29-,30+,31-,32-,33-,34+,35+,36+,37?,38?,39?,41?,42?,44+,45-,46+,47+/m1/s1. The zero-order valence-corrected chi connectivity index (χ0v) is 38.8. The van der Waals surface area contributed by atoms with Crippen LogP contribution in [0, 0.1) is 47.3 Å². The topological polar surface area (TPSA) is 189 Å². The summed E-state index contributed by atoms with van der Waals surface area (Å²) in [6.45, 7) is 20.9. The van der Waals surface area contributed by atoms with E-state index in [9.17, 15) is 30.0 Å². The summed E-state index contributed by atoms with van der Waals surface area (Å²) in [5.74, 6) is -7.01. The molecule has 0 aliphatic carbocycles. The number of ketones is 1. The molecular formula is C47H78O14. The Balaban J connectivity index is 1.24. The number of carboxylic acid groups (broad SMARTS) is 1. The van der Waals surface area contributed by atoms with Gasteiger partial charge in [-0.1, -0.05) is 61.5 Å². The molecule has 0 aromatic rings. The summed E-state index contributed by atoms with van der Waals surface area (Å²) in [6.07, 6.45) is 3.25. The highest BCUT2D eigenvalue weighted by Gasteiger charge is 2.65. The van der Waals surface area contributed by atoms with E-state index in [-0.39, 0.29) is 72.4 Å². The van der Waals surface area contributed by atoms with E-state index >= 15 is 0 Å². The fourth-order valence-corrected chi connectivity index (χ4v) is 11.8. The number of Topliss-reactive ketones (excluding diaryl/α,β-unsaturated/α-hetero) is 1. The predicted octanol–water partition coefficient (Wildman–Crippen LogP) is 6.15. The first-order valence-electron chi connectivity index (χ1n) is 23.2. The molecule has 2 spiro atoms. The second-order valence-corrected chi connectivity index (χ2v) is 20.6. The zero-order chi connectivity index (χ0) is 45.0. The van der Waals surface area contributed by atoms with Crippen molar-refractivity contribution in [3.63, 3.8) is 0 Å². The second kappa shape index (κ2) is 18.7. The van der Waals surface area contributed by atoms with Gasteiger partial charge in [-0.3, -0.25) is 9.59 Å².